The fourth-order valence-electron chi connectivity index (χ4n) is 7.40. The van der Waals surface area contributed by atoms with Crippen LogP contribution in [0.25, 0.3) is 0 Å². The Morgan fingerprint density at radius 2 is 1.75 bits per heavy atom. The zero-order valence-corrected chi connectivity index (χ0v) is 21.5. The van der Waals surface area contributed by atoms with E-state index in [1.54, 1.807) is 12.1 Å². The fraction of sp³-hybridized carbons (Fsp3) is 0.577. The maximum atomic E-state index is 13.6. The molecule has 1 N–H and O–H groups in total. The lowest BCUT2D eigenvalue weighted by molar-refractivity contribution is -0.140. The van der Waals surface area contributed by atoms with Gasteiger partial charge in [0.1, 0.15) is 28.5 Å². The number of carbonyl (C=O) groups excluding carboxylic acids is 1. The average molecular weight is 513 g/mol. The number of nitrogens with zero attached hydrogens (tertiary/aromatic N) is 3. The Balaban J connectivity index is 1.23. The highest BCUT2D eigenvalue weighted by Crippen LogP contribution is 2.60. The smallest absolute Gasteiger partial charge is 0.247 e. The molecule has 0 atom stereocenters. The second-order valence-corrected chi connectivity index (χ2v) is 12.8. The molecule has 4 bridgehead atoms. The molecule has 9 nitrogen and oxygen atoms in total. The predicted molar refractivity (Wildman–Crippen MR) is 132 cm³/mol. The Morgan fingerprint density at radius 3 is 2.39 bits per heavy atom. The number of sulfonamides is 1. The first kappa shape index (κ1) is 23.7. The van der Waals surface area contributed by atoms with Crippen LogP contribution in [0.1, 0.15) is 49.8 Å². The van der Waals surface area contributed by atoms with Crippen molar-refractivity contribution in [2.45, 2.75) is 56.4 Å². The summed E-state index contributed by atoms with van der Waals surface area (Å²) in [5.74, 6) is 3.38. The molecule has 0 unspecified atom stereocenters. The van der Waals surface area contributed by atoms with Gasteiger partial charge in [-0.05, 0) is 74.8 Å². The van der Waals surface area contributed by atoms with Crippen molar-refractivity contribution >= 4 is 21.7 Å². The Hall–Kier alpha value is -2.72. The lowest BCUT2D eigenvalue weighted by Gasteiger charge is -2.55. The Kier molecular flexibility index (Phi) is 5.71. The van der Waals surface area contributed by atoms with Gasteiger partial charge in [0.05, 0.1) is 31.9 Å². The number of fused-ring (bicyclic) bond motifs is 1. The Morgan fingerprint density at radius 1 is 1.06 bits per heavy atom. The maximum absolute atomic E-state index is 13.6. The predicted octanol–water partition coefficient (Wildman–Crippen LogP) is 3.40. The molecule has 4 saturated carbocycles. The number of hydrogen-bond acceptors (Lipinski definition) is 7. The molecular weight excluding hydrogens is 480 g/mol. The van der Waals surface area contributed by atoms with Gasteiger partial charge in [-0.25, -0.2) is 18.4 Å². The molecule has 4 aliphatic carbocycles. The summed E-state index contributed by atoms with van der Waals surface area (Å²) in [5, 5.41) is 3.15. The van der Waals surface area contributed by atoms with Gasteiger partial charge in [0, 0.05) is 18.2 Å². The van der Waals surface area contributed by atoms with Crippen LogP contribution in [-0.4, -0.2) is 49.4 Å². The summed E-state index contributed by atoms with van der Waals surface area (Å²) in [6.07, 6.45) is 8.61. The minimum atomic E-state index is -3.83. The maximum Gasteiger partial charge on any atom is 0.247 e. The van der Waals surface area contributed by atoms with E-state index in [1.165, 1.54) is 50.2 Å². The lowest BCUT2D eigenvalue weighted by Crippen LogP contribution is -2.52. The van der Waals surface area contributed by atoms with E-state index in [4.69, 9.17) is 9.47 Å². The zero-order chi connectivity index (χ0) is 25.1. The highest BCUT2D eigenvalue weighted by Gasteiger charge is 2.54. The van der Waals surface area contributed by atoms with Crippen molar-refractivity contribution in [1.29, 1.82) is 0 Å². The molecular formula is C26H32N4O5S. The summed E-state index contributed by atoms with van der Waals surface area (Å²) in [6, 6.07) is 4.66. The summed E-state index contributed by atoms with van der Waals surface area (Å²) in [7, 11) is -0.881. The monoisotopic (exact) mass is 512 g/mol. The van der Waals surface area contributed by atoms with Gasteiger partial charge in [0.2, 0.25) is 15.9 Å². The number of anilines is 1. The van der Waals surface area contributed by atoms with Crippen molar-refractivity contribution in [2.75, 3.05) is 26.1 Å². The number of nitrogens with one attached hydrogen (secondary N) is 1. The van der Waals surface area contributed by atoms with E-state index in [1.807, 2.05) is 0 Å². The van der Waals surface area contributed by atoms with E-state index >= 15 is 0 Å². The molecule has 192 valence electrons. The topological polar surface area (TPSA) is 111 Å². The molecule has 10 heteroatoms. The van der Waals surface area contributed by atoms with E-state index in [9.17, 15) is 13.2 Å². The van der Waals surface area contributed by atoms with Gasteiger partial charge in [-0.2, -0.15) is 4.31 Å². The summed E-state index contributed by atoms with van der Waals surface area (Å²) in [6.45, 7) is 0.369. The molecule has 0 radical (unpaired) electrons. The van der Waals surface area contributed by atoms with Crippen molar-refractivity contribution < 1.29 is 22.7 Å². The molecule has 36 heavy (non-hydrogen) atoms. The third kappa shape index (κ3) is 3.85. The molecule has 2 aromatic rings. The molecule has 1 aliphatic heterocycles. The summed E-state index contributed by atoms with van der Waals surface area (Å²) in [4.78, 5) is 22.5. The second-order valence-electron chi connectivity index (χ2n) is 10.9. The number of rotatable bonds is 6. The van der Waals surface area contributed by atoms with Gasteiger partial charge in [-0.3, -0.25) is 4.79 Å². The molecule has 4 fully saturated rings. The minimum absolute atomic E-state index is 0.0821. The number of carbonyl (C=O) groups is 1. The first-order valence-corrected chi connectivity index (χ1v) is 14.1. The summed E-state index contributed by atoms with van der Waals surface area (Å²) < 4.78 is 38.9. The van der Waals surface area contributed by atoms with Crippen molar-refractivity contribution in [3.8, 4) is 11.5 Å². The Bertz CT molecular complexity index is 1280. The second kappa shape index (κ2) is 8.69. The SMILES string of the molecule is COc1ccc(S(=O)(=O)N2CCc3c(ncnc3NC(=O)C34CC5CC(CC(C5)C3)C4)C2)c(OC)c1. The van der Waals surface area contributed by atoms with Crippen molar-refractivity contribution in [3.05, 3.63) is 35.8 Å². The molecule has 1 aromatic carbocycles. The molecule has 2 heterocycles. The average Bonchev–Trinajstić information content (AvgIpc) is 2.87. The van der Waals surface area contributed by atoms with E-state index in [0.29, 0.717) is 41.4 Å². The van der Waals surface area contributed by atoms with Crippen LogP contribution in [0.3, 0.4) is 0 Å². The third-order valence-electron chi connectivity index (χ3n) is 8.71. The fourth-order valence-corrected chi connectivity index (χ4v) is 8.94. The normalized spacial score (nSPS) is 29.0. The highest BCUT2D eigenvalue weighted by molar-refractivity contribution is 7.89. The molecule has 7 rings (SSSR count). The standard InChI is InChI=1S/C26H32N4O5S/c1-34-19-3-4-23(22(10-19)35-2)36(32,33)30-6-5-20-21(14-30)27-15-28-24(20)29-25(31)26-11-16-7-17(12-26)9-18(8-16)13-26/h3-4,10,15-18H,5-9,11-14H2,1-2H3,(H,27,28,29,31). The van der Waals surface area contributed by atoms with Crippen LogP contribution in [0.15, 0.2) is 29.4 Å². The van der Waals surface area contributed by atoms with Gasteiger partial charge in [-0.1, -0.05) is 0 Å². The highest BCUT2D eigenvalue weighted by atomic mass is 32.2. The van der Waals surface area contributed by atoms with Gasteiger partial charge in [0.15, 0.2) is 0 Å². The van der Waals surface area contributed by atoms with Crippen LogP contribution in [0, 0.1) is 23.2 Å². The first-order chi connectivity index (χ1) is 17.3. The number of benzene rings is 1. The molecule has 1 amide bonds. The lowest BCUT2D eigenvalue weighted by atomic mass is 9.49. The van der Waals surface area contributed by atoms with Crippen LogP contribution in [-0.2, 0) is 27.8 Å². The van der Waals surface area contributed by atoms with Gasteiger partial charge < -0.3 is 14.8 Å². The summed E-state index contributed by atoms with van der Waals surface area (Å²) in [5.41, 5.74) is 1.17. The molecule has 5 aliphatic rings. The largest absolute Gasteiger partial charge is 0.497 e. The number of methoxy groups -OCH3 is 2. The minimum Gasteiger partial charge on any atom is -0.497 e. The van der Waals surface area contributed by atoms with Gasteiger partial charge in [-0.15, -0.1) is 0 Å². The molecule has 1 aromatic heterocycles. The van der Waals surface area contributed by atoms with Crippen molar-refractivity contribution in [2.24, 2.45) is 23.2 Å². The van der Waals surface area contributed by atoms with Crippen LogP contribution in [0.5, 0.6) is 11.5 Å². The van der Waals surface area contributed by atoms with E-state index < -0.39 is 10.0 Å². The quantitative estimate of drug-likeness (QED) is 0.632. The summed E-state index contributed by atoms with van der Waals surface area (Å²) >= 11 is 0. The molecule has 0 saturated heterocycles. The van der Waals surface area contributed by atoms with Gasteiger partial charge >= 0.3 is 0 Å². The third-order valence-corrected chi connectivity index (χ3v) is 10.6. The van der Waals surface area contributed by atoms with Crippen molar-refractivity contribution in [3.63, 3.8) is 0 Å². The number of ether oxygens (including phenoxy) is 2. The first-order valence-electron chi connectivity index (χ1n) is 12.7. The van der Waals surface area contributed by atoms with Crippen LogP contribution in [0.2, 0.25) is 0 Å². The van der Waals surface area contributed by atoms with E-state index in [0.717, 1.165) is 24.8 Å². The van der Waals surface area contributed by atoms with Crippen LogP contribution in [0.4, 0.5) is 5.82 Å². The number of hydrogen-bond donors (Lipinski definition) is 1. The van der Waals surface area contributed by atoms with Crippen LogP contribution >= 0.6 is 0 Å². The number of aromatic nitrogens is 2. The van der Waals surface area contributed by atoms with Crippen molar-refractivity contribution in [1.82, 2.24) is 14.3 Å². The zero-order valence-electron chi connectivity index (χ0n) is 20.7. The van der Waals surface area contributed by atoms with E-state index in [-0.39, 0.29) is 35.1 Å². The van der Waals surface area contributed by atoms with Gasteiger partial charge in [0.25, 0.3) is 0 Å². The Labute approximate surface area is 211 Å². The number of amides is 1. The van der Waals surface area contributed by atoms with Crippen LogP contribution < -0.4 is 14.8 Å². The molecule has 0 spiro atoms. The van der Waals surface area contributed by atoms with E-state index in [2.05, 4.69) is 15.3 Å².